The number of halogens is 1. The Bertz CT molecular complexity index is 654. The Morgan fingerprint density at radius 1 is 1.24 bits per heavy atom. The molecule has 0 amide bonds. The molecular formula is C14H15BrN2O4. The minimum atomic E-state index is -1.05. The van der Waals surface area contributed by atoms with E-state index in [9.17, 15) is 4.79 Å². The van der Waals surface area contributed by atoms with Gasteiger partial charge in [0.1, 0.15) is 5.69 Å². The van der Waals surface area contributed by atoms with Gasteiger partial charge in [0.25, 0.3) is 0 Å². The number of rotatable bonds is 6. The van der Waals surface area contributed by atoms with Gasteiger partial charge in [0.2, 0.25) is 0 Å². The summed E-state index contributed by atoms with van der Waals surface area (Å²) in [7, 11) is 0. The molecule has 0 saturated heterocycles. The van der Waals surface area contributed by atoms with Crippen LogP contribution in [0.2, 0.25) is 0 Å². The maximum absolute atomic E-state index is 10.9. The molecule has 0 fully saturated rings. The van der Waals surface area contributed by atoms with Gasteiger partial charge < -0.3 is 14.6 Å². The van der Waals surface area contributed by atoms with Crippen molar-refractivity contribution in [2.45, 2.75) is 13.8 Å². The van der Waals surface area contributed by atoms with E-state index in [4.69, 9.17) is 14.6 Å². The Kier molecular flexibility index (Phi) is 4.85. The number of ether oxygens (including phenoxy) is 2. The number of carboxylic acid groups (broad SMARTS) is 1. The molecule has 6 nitrogen and oxygen atoms in total. The SMILES string of the molecule is CCOc1cc(Br)c(-c2cc(C(=O)O)[nH]n2)cc1OCC. The number of hydrogen-bond acceptors (Lipinski definition) is 4. The molecule has 0 atom stereocenters. The van der Waals surface area contributed by atoms with Crippen LogP contribution in [0.15, 0.2) is 22.7 Å². The van der Waals surface area contributed by atoms with Gasteiger partial charge >= 0.3 is 5.97 Å². The van der Waals surface area contributed by atoms with E-state index in [0.717, 1.165) is 10.0 Å². The number of hydrogen-bond donors (Lipinski definition) is 2. The van der Waals surface area contributed by atoms with Crippen molar-refractivity contribution >= 4 is 21.9 Å². The molecule has 2 rings (SSSR count). The summed E-state index contributed by atoms with van der Waals surface area (Å²) in [5, 5.41) is 15.4. The number of aromatic amines is 1. The number of aromatic nitrogens is 2. The van der Waals surface area contributed by atoms with E-state index >= 15 is 0 Å². The zero-order valence-corrected chi connectivity index (χ0v) is 13.2. The maximum atomic E-state index is 10.9. The summed E-state index contributed by atoms with van der Waals surface area (Å²) in [5.74, 6) is 0.169. The highest BCUT2D eigenvalue weighted by molar-refractivity contribution is 9.10. The van der Waals surface area contributed by atoms with Gasteiger partial charge in [-0.2, -0.15) is 5.10 Å². The van der Waals surface area contributed by atoms with E-state index in [-0.39, 0.29) is 5.69 Å². The fourth-order valence-corrected chi connectivity index (χ4v) is 2.36. The fourth-order valence-electron chi connectivity index (χ4n) is 1.84. The van der Waals surface area contributed by atoms with Crippen LogP contribution in [0.25, 0.3) is 11.3 Å². The molecule has 21 heavy (non-hydrogen) atoms. The van der Waals surface area contributed by atoms with Crippen molar-refractivity contribution in [3.63, 3.8) is 0 Å². The molecule has 1 heterocycles. The van der Waals surface area contributed by atoms with Gasteiger partial charge in [-0.15, -0.1) is 0 Å². The van der Waals surface area contributed by atoms with Crippen molar-refractivity contribution in [3.05, 3.63) is 28.4 Å². The molecule has 0 aliphatic heterocycles. The number of carbonyl (C=O) groups is 1. The standard InChI is InChI=1S/C14H15BrN2O4/c1-3-20-12-5-8(9(15)6-13(12)21-4-2)10-7-11(14(18)19)17-16-10/h5-7H,3-4H2,1-2H3,(H,16,17)(H,18,19). The highest BCUT2D eigenvalue weighted by Gasteiger charge is 2.16. The second-order valence-electron chi connectivity index (χ2n) is 4.12. The van der Waals surface area contributed by atoms with E-state index < -0.39 is 5.97 Å². The lowest BCUT2D eigenvalue weighted by Gasteiger charge is -2.13. The van der Waals surface area contributed by atoms with Crippen LogP contribution in [0, 0.1) is 0 Å². The number of nitrogens with one attached hydrogen (secondary N) is 1. The van der Waals surface area contributed by atoms with E-state index in [1.165, 1.54) is 6.07 Å². The summed E-state index contributed by atoms with van der Waals surface area (Å²) in [6.07, 6.45) is 0. The van der Waals surface area contributed by atoms with Crippen LogP contribution >= 0.6 is 15.9 Å². The second-order valence-corrected chi connectivity index (χ2v) is 4.97. The second kappa shape index (κ2) is 6.62. The maximum Gasteiger partial charge on any atom is 0.353 e. The summed E-state index contributed by atoms with van der Waals surface area (Å²) in [5.41, 5.74) is 1.28. The van der Waals surface area contributed by atoms with Crippen LogP contribution in [0.1, 0.15) is 24.3 Å². The largest absolute Gasteiger partial charge is 0.490 e. The number of nitrogens with zero attached hydrogens (tertiary/aromatic N) is 1. The molecule has 0 spiro atoms. The predicted octanol–water partition coefficient (Wildman–Crippen LogP) is 3.33. The number of H-pyrrole nitrogens is 1. The van der Waals surface area contributed by atoms with Crippen molar-refractivity contribution in [3.8, 4) is 22.8 Å². The first-order valence-corrected chi connectivity index (χ1v) is 7.24. The van der Waals surface area contributed by atoms with Gasteiger partial charge in [0, 0.05) is 10.0 Å². The van der Waals surface area contributed by atoms with Crippen LogP contribution in [0.5, 0.6) is 11.5 Å². The molecule has 0 aliphatic rings. The summed E-state index contributed by atoms with van der Waals surface area (Å²) in [4.78, 5) is 10.9. The lowest BCUT2D eigenvalue weighted by Crippen LogP contribution is -1.99. The molecule has 1 aromatic heterocycles. The van der Waals surface area contributed by atoms with E-state index in [1.54, 1.807) is 12.1 Å². The van der Waals surface area contributed by atoms with Gasteiger partial charge in [0.05, 0.1) is 18.9 Å². The van der Waals surface area contributed by atoms with Gasteiger partial charge in [0.15, 0.2) is 11.5 Å². The van der Waals surface area contributed by atoms with Gasteiger partial charge in [-0.05, 0) is 48.0 Å². The molecule has 0 bridgehead atoms. The minimum absolute atomic E-state index is 0.0312. The van der Waals surface area contributed by atoms with Crippen molar-refractivity contribution in [2.75, 3.05) is 13.2 Å². The quantitative estimate of drug-likeness (QED) is 0.830. The van der Waals surface area contributed by atoms with Crippen molar-refractivity contribution < 1.29 is 19.4 Å². The zero-order valence-electron chi connectivity index (χ0n) is 11.6. The summed E-state index contributed by atoms with van der Waals surface area (Å²) in [6.45, 7) is 4.80. The molecule has 0 unspecified atom stereocenters. The number of benzene rings is 1. The Hall–Kier alpha value is -2.02. The first-order chi connectivity index (χ1) is 10.1. The Morgan fingerprint density at radius 3 is 2.38 bits per heavy atom. The van der Waals surface area contributed by atoms with E-state index in [1.807, 2.05) is 13.8 Å². The Labute approximate surface area is 130 Å². The normalized spacial score (nSPS) is 10.4. The molecular weight excluding hydrogens is 340 g/mol. The molecule has 112 valence electrons. The first-order valence-electron chi connectivity index (χ1n) is 6.45. The van der Waals surface area contributed by atoms with Crippen LogP contribution in [0.4, 0.5) is 0 Å². The Morgan fingerprint density at radius 2 is 1.86 bits per heavy atom. The van der Waals surface area contributed by atoms with Crippen LogP contribution in [-0.2, 0) is 0 Å². The zero-order chi connectivity index (χ0) is 15.4. The molecule has 0 saturated carbocycles. The number of aromatic carboxylic acids is 1. The molecule has 0 aliphatic carbocycles. The number of carboxylic acids is 1. The van der Waals surface area contributed by atoms with Crippen LogP contribution in [-0.4, -0.2) is 34.5 Å². The van der Waals surface area contributed by atoms with E-state index in [0.29, 0.717) is 30.4 Å². The van der Waals surface area contributed by atoms with Gasteiger partial charge in [-0.3, -0.25) is 5.10 Å². The average molecular weight is 355 g/mol. The van der Waals surface area contributed by atoms with Crippen molar-refractivity contribution in [2.24, 2.45) is 0 Å². The van der Waals surface area contributed by atoms with Crippen molar-refractivity contribution in [1.29, 1.82) is 0 Å². The van der Waals surface area contributed by atoms with E-state index in [2.05, 4.69) is 26.1 Å². The minimum Gasteiger partial charge on any atom is -0.490 e. The fraction of sp³-hybridized carbons (Fsp3) is 0.286. The van der Waals surface area contributed by atoms with Crippen molar-refractivity contribution in [1.82, 2.24) is 10.2 Å². The van der Waals surface area contributed by atoms with Gasteiger partial charge in [-0.25, -0.2) is 4.79 Å². The first kappa shape index (κ1) is 15.4. The average Bonchev–Trinajstić information content (AvgIpc) is 2.92. The molecule has 1 aromatic carbocycles. The molecule has 2 N–H and O–H groups in total. The molecule has 7 heteroatoms. The third-order valence-corrected chi connectivity index (χ3v) is 3.37. The monoisotopic (exact) mass is 354 g/mol. The Balaban J connectivity index is 2.47. The third kappa shape index (κ3) is 3.36. The predicted molar refractivity (Wildman–Crippen MR) is 81.0 cm³/mol. The molecule has 2 aromatic rings. The van der Waals surface area contributed by atoms with Gasteiger partial charge in [-0.1, -0.05) is 0 Å². The smallest absolute Gasteiger partial charge is 0.353 e. The highest BCUT2D eigenvalue weighted by atomic mass is 79.9. The van der Waals surface area contributed by atoms with Crippen LogP contribution < -0.4 is 9.47 Å². The topological polar surface area (TPSA) is 84.4 Å². The summed E-state index contributed by atoms with van der Waals surface area (Å²) >= 11 is 3.45. The highest BCUT2D eigenvalue weighted by Crippen LogP contribution is 2.38. The summed E-state index contributed by atoms with van der Waals surface area (Å²) < 4.78 is 11.8. The lowest BCUT2D eigenvalue weighted by molar-refractivity contribution is 0.0690. The lowest BCUT2D eigenvalue weighted by atomic mass is 10.1. The summed E-state index contributed by atoms with van der Waals surface area (Å²) in [6, 6.07) is 5.04. The van der Waals surface area contributed by atoms with Crippen LogP contribution in [0.3, 0.4) is 0 Å². The molecule has 0 radical (unpaired) electrons. The third-order valence-electron chi connectivity index (χ3n) is 2.72.